The molecule has 1 rings (SSSR count). The van der Waals surface area contributed by atoms with Gasteiger partial charge in [-0.2, -0.15) is 0 Å². The van der Waals surface area contributed by atoms with Crippen molar-refractivity contribution in [3.63, 3.8) is 0 Å². The number of carbonyl (C=O) groups is 2. The van der Waals surface area contributed by atoms with E-state index >= 15 is 0 Å². The first kappa shape index (κ1) is 25.1. The van der Waals surface area contributed by atoms with Crippen molar-refractivity contribution in [2.45, 2.75) is 39.5 Å². The molecule has 0 saturated carbocycles. The molecule has 1 aromatic carbocycles. The van der Waals surface area contributed by atoms with Crippen molar-refractivity contribution in [3.8, 4) is 5.75 Å². The van der Waals surface area contributed by atoms with Gasteiger partial charge in [-0.1, -0.05) is 19.9 Å². The molecule has 0 aliphatic rings. The third-order valence-electron chi connectivity index (χ3n) is 4.40. The Morgan fingerprint density at radius 2 is 1.66 bits per heavy atom. The topological polar surface area (TPSA) is 85.9 Å². The van der Waals surface area contributed by atoms with E-state index in [4.69, 9.17) is 14.2 Å². The predicted molar refractivity (Wildman–Crippen MR) is 117 cm³/mol. The SMILES string of the molecule is BC(=O)CC(C)(C)c1c(C)cc(C)cc1OC(=O)NCCOCCOCCNC. The van der Waals surface area contributed by atoms with Crippen molar-refractivity contribution in [1.82, 2.24) is 10.6 Å². The second-order valence-corrected chi connectivity index (χ2v) is 7.86. The maximum Gasteiger partial charge on any atom is 0.412 e. The molecule has 0 radical (unpaired) electrons. The molecular weight excluding hydrogens is 371 g/mol. The van der Waals surface area contributed by atoms with Gasteiger partial charge in [0.1, 0.15) is 5.75 Å². The average molecular weight is 406 g/mol. The lowest BCUT2D eigenvalue weighted by atomic mass is 9.74. The Bertz CT molecular complexity index is 679. The van der Waals surface area contributed by atoms with Gasteiger partial charge in [0.15, 0.2) is 7.85 Å². The van der Waals surface area contributed by atoms with E-state index in [1.54, 1.807) is 7.85 Å². The first-order chi connectivity index (χ1) is 13.7. The number of ether oxygens (including phenoxy) is 3. The van der Waals surface area contributed by atoms with Crippen LogP contribution in [0.25, 0.3) is 0 Å². The highest BCUT2D eigenvalue weighted by Gasteiger charge is 2.29. The third-order valence-corrected chi connectivity index (χ3v) is 4.40. The van der Waals surface area contributed by atoms with Gasteiger partial charge in [-0.15, -0.1) is 0 Å². The number of likely N-dealkylation sites (N-methyl/N-ethyl adjacent to an activating group) is 1. The number of nitrogens with one attached hydrogen (secondary N) is 2. The summed E-state index contributed by atoms with van der Waals surface area (Å²) >= 11 is 0. The Labute approximate surface area is 175 Å². The molecule has 2 N–H and O–H groups in total. The molecular formula is C21H35BN2O5. The zero-order valence-electron chi connectivity index (χ0n) is 18.6. The first-order valence-electron chi connectivity index (χ1n) is 10.0. The molecule has 8 heteroatoms. The minimum atomic E-state index is -0.538. The summed E-state index contributed by atoms with van der Waals surface area (Å²) in [4.78, 5) is 24.0. The van der Waals surface area contributed by atoms with Crippen LogP contribution in [0.4, 0.5) is 4.79 Å². The molecule has 1 amide bonds. The van der Waals surface area contributed by atoms with Crippen LogP contribution in [0.1, 0.15) is 37.0 Å². The average Bonchev–Trinajstić information content (AvgIpc) is 2.58. The Balaban J connectivity index is 2.58. The summed E-state index contributed by atoms with van der Waals surface area (Å²) in [5.41, 5.74) is 2.53. The first-order valence-corrected chi connectivity index (χ1v) is 10.0. The number of hydrogen-bond acceptors (Lipinski definition) is 6. The van der Waals surface area contributed by atoms with Gasteiger partial charge in [-0.05, 0) is 43.5 Å². The van der Waals surface area contributed by atoms with Crippen molar-refractivity contribution in [3.05, 3.63) is 28.8 Å². The predicted octanol–water partition coefficient (Wildman–Crippen LogP) is 1.47. The fourth-order valence-corrected chi connectivity index (χ4v) is 3.44. The summed E-state index contributed by atoms with van der Waals surface area (Å²) in [5, 5.41) is 5.69. The van der Waals surface area contributed by atoms with E-state index in [0.717, 1.165) is 23.2 Å². The number of aryl methyl sites for hydroxylation is 2. The largest absolute Gasteiger partial charge is 0.412 e. The number of amides is 1. The van der Waals surface area contributed by atoms with Crippen molar-refractivity contribution in [2.24, 2.45) is 0 Å². The molecule has 0 spiro atoms. The summed E-state index contributed by atoms with van der Waals surface area (Å²) < 4.78 is 16.4. The van der Waals surface area contributed by atoms with Crippen LogP contribution in [0.5, 0.6) is 5.75 Å². The van der Waals surface area contributed by atoms with E-state index in [-0.39, 0.29) is 5.68 Å². The highest BCUT2D eigenvalue weighted by molar-refractivity contribution is 6.57. The summed E-state index contributed by atoms with van der Waals surface area (Å²) in [6.45, 7) is 11.1. The van der Waals surface area contributed by atoms with Crippen LogP contribution in [0.15, 0.2) is 12.1 Å². The highest BCUT2D eigenvalue weighted by atomic mass is 16.6. The molecule has 0 saturated heterocycles. The standard InChI is InChI=1S/C21H35BN2O5/c1-15-12-16(2)19(21(3,4)14-18(22)25)17(13-15)29-20(26)24-7-9-28-11-10-27-8-6-23-5/h12-13,23H,6-11,14,22H2,1-5H3,(H,24,26). The van der Waals surface area contributed by atoms with E-state index in [2.05, 4.69) is 10.6 Å². The van der Waals surface area contributed by atoms with Crippen LogP contribution in [-0.2, 0) is 19.7 Å². The van der Waals surface area contributed by atoms with Gasteiger partial charge in [-0.25, -0.2) is 4.79 Å². The van der Waals surface area contributed by atoms with Crippen LogP contribution in [0.3, 0.4) is 0 Å². The molecule has 0 aliphatic heterocycles. The summed E-state index contributed by atoms with van der Waals surface area (Å²) in [5.74, 6) is 0.491. The van der Waals surface area contributed by atoms with E-state index < -0.39 is 11.5 Å². The van der Waals surface area contributed by atoms with Gasteiger partial charge in [0.25, 0.3) is 0 Å². The molecule has 0 aromatic heterocycles. The minimum Gasteiger partial charge on any atom is -0.410 e. The van der Waals surface area contributed by atoms with E-state index in [9.17, 15) is 9.59 Å². The monoisotopic (exact) mass is 406 g/mol. The Morgan fingerprint density at radius 3 is 2.24 bits per heavy atom. The Morgan fingerprint density at radius 1 is 1.03 bits per heavy atom. The fraction of sp³-hybridized carbons (Fsp3) is 0.619. The maximum absolute atomic E-state index is 12.3. The maximum atomic E-state index is 12.3. The van der Waals surface area contributed by atoms with Gasteiger partial charge in [0.05, 0.1) is 32.1 Å². The van der Waals surface area contributed by atoms with Crippen molar-refractivity contribution >= 4 is 19.6 Å². The quantitative estimate of drug-likeness (QED) is 0.381. The molecule has 0 unspecified atom stereocenters. The summed E-state index contributed by atoms with van der Waals surface area (Å²) in [7, 11) is 3.44. The molecule has 162 valence electrons. The lowest BCUT2D eigenvalue weighted by molar-refractivity contribution is -0.112. The Hall–Kier alpha value is -1.90. The molecule has 1 aromatic rings. The zero-order valence-corrected chi connectivity index (χ0v) is 18.6. The number of rotatable bonds is 13. The second-order valence-electron chi connectivity index (χ2n) is 7.86. The van der Waals surface area contributed by atoms with Gasteiger partial charge in [0.2, 0.25) is 0 Å². The second kappa shape index (κ2) is 12.6. The van der Waals surface area contributed by atoms with E-state index in [0.29, 0.717) is 45.1 Å². The third kappa shape index (κ3) is 9.43. The van der Waals surface area contributed by atoms with Gasteiger partial charge >= 0.3 is 6.09 Å². The lowest BCUT2D eigenvalue weighted by Crippen LogP contribution is -2.32. The van der Waals surface area contributed by atoms with Crippen LogP contribution in [0.2, 0.25) is 0 Å². The van der Waals surface area contributed by atoms with E-state index in [1.807, 2.05) is 46.9 Å². The zero-order chi connectivity index (χ0) is 21.9. The van der Waals surface area contributed by atoms with Crippen LogP contribution in [0, 0.1) is 13.8 Å². The number of carbonyl (C=O) groups excluding carboxylic acids is 2. The molecule has 0 bridgehead atoms. The van der Waals surface area contributed by atoms with Gasteiger partial charge in [-0.3, -0.25) is 0 Å². The normalized spacial score (nSPS) is 11.3. The van der Waals surface area contributed by atoms with Crippen LogP contribution < -0.4 is 15.4 Å². The smallest absolute Gasteiger partial charge is 0.410 e. The number of hydrogen-bond donors (Lipinski definition) is 2. The molecule has 29 heavy (non-hydrogen) atoms. The van der Waals surface area contributed by atoms with Crippen LogP contribution in [-0.4, -0.2) is 66.2 Å². The van der Waals surface area contributed by atoms with Gasteiger partial charge < -0.3 is 29.6 Å². The summed E-state index contributed by atoms with van der Waals surface area (Å²) in [6, 6.07) is 3.87. The Kier molecular flexibility index (Phi) is 10.9. The molecule has 0 aliphatic carbocycles. The molecule has 7 nitrogen and oxygen atoms in total. The lowest BCUT2D eigenvalue weighted by Gasteiger charge is -2.28. The molecule has 0 heterocycles. The molecule has 0 atom stereocenters. The van der Waals surface area contributed by atoms with Crippen molar-refractivity contribution in [1.29, 1.82) is 0 Å². The minimum absolute atomic E-state index is 0.0949. The van der Waals surface area contributed by atoms with Crippen LogP contribution >= 0.6 is 0 Å². The van der Waals surface area contributed by atoms with E-state index in [1.165, 1.54) is 0 Å². The van der Waals surface area contributed by atoms with Crippen molar-refractivity contribution in [2.75, 3.05) is 46.6 Å². The van der Waals surface area contributed by atoms with Gasteiger partial charge in [0, 0.05) is 25.1 Å². The summed E-state index contributed by atoms with van der Waals surface area (Å²) in [6.07, 6.45) is -0.164. The fourth-order valence-electron chi connectivity index (χ4n) is 3.44. The van der Waals surface area contributed by atoms with Crippen molar-refractivity contribution < 1.29 is 23.8 Å². The highest BCUT2D eigenvalue weighted by Crippen LogP contribution is 2.37. The molecule has 0 fully saturated rings. The number of benzene rings is 1.